The molecular weight excluding hydrogens is 250 g/mol. The van der Waals surface area contributed by atoms with Crippen LogP contribution in [0.3, 0.4) is 0 Å². The molecule has 0 amide bonds. The van der Waals surface area contributed by atoms with Crippen LogP contribution in [0, 0.1) is 6.92 Å². The highest BCUT2D eigenvalue weighted by molar-refractivity contribution is 5.39. The van der Waals surface area contributed by atoms with Crippen molar-refractivity contribution < 1.29 is 9.47 Å². The van der Waals surface area contributed by atoms with Crippen LogP contribution in [-0.4, -0.2) is 20.3 Å². The highest BCUT2D eigenvalue weighted by Crippen LogP contribution is 2.25. The number of aryl methyl sites for hydroxylation is 1. The van der Waals surface area contributed by atoms with E-state index >= 15 is 0 Å². The number of ether oxygens (including phenoxy) is 2. The molecule has 3 nitrogen and oxygen atoms in total. The lowest BCUT2D eigenvalue weighted by Gasteiger charge is -2.11. The summed E-state index contributed by atoms with van der Waals surface area (Å²) < 4.78 is 11.0. The fourth-order valence-corrected chi connectivity index (χ4v) is 2.00. The van der Waals surface area contributed by atoms with E-state index in [0.29, 0.717) is 6.61 Å². The molecule has 2 rings (SSSR count). The predicted octanol–water partition coefficient (Wildman–Crippen LogP) is 3.17. The van der Waals surface area contributed by atoms with Crippen molar-refractivity contribution in [3.8, 4) is 11.5 Å². The number of methoxy groups -OCH3 is 1. The molecular formula is C17H21NO2. The van der Waals surface area contributed by atoms with Crippen molar-refractivity contribution in [1.29, 1.82) is 0 Å². The van der Waals surface area contributed by atoms with Gasteiger partial charge in [-0.3, -0.25) is 0 Å². The quantitative estimate of drug-likeness (QED) is 0.785. The maximum Gasteiger partial charge on any atom is 0.161 e. The molecule has 0 heterocycles. The molecule has 0 atom stereocenters. The molecule has 0 radical (unpaired) electrons. The maximum absolute atomic E-state index is 5.71. The topological polar surface area (TPSA) is 30.5 Å². The van der Waals surface area contributed by atoms with Crippen LogP contribution < -0.4 is 14.8 Å². The minimum atomic E-state index is 0.617. The van der Waals surface area contributed by atoms with Crippen LogP contribution in [0.15, 0.2) is 48.5 Å². The summed E-state index contributed by atoms with van der Waals surface area (Å²) in [6.45, 7) is 4.41. The van der Waals surface area contributed by atoms with Gasteiger partial charge < -0.3 is 14.8 Å². The first-order valence-electron chi connectivity index (χ1n) is 6.82. The number of nitrogens with one attached hydrogen (secondary N) is 1. The standard InChI is InChI=1S/C17H21NO2/c1-14-7-3-4-8-15(14)13-18-11-12-20-17-10-6-5-9-16(17)19-2/h3-10,18H,11-13H2,1-2H3. The summed E-state index contributed by atoms with van der Waals surface area (Å²) in [6, 6.07) is 16.1. The van der Waals surface area contributed by atoms with Crippen LogP contribution in [0.25, 0.3) is 0 Å². The average Bonchev–Trinajstić information content (AvgIpc) is 2.49. The number of hydrogen-bond acceptors (Lipinski definition) is 3. The van der Waals surface area contributed by atoms with Gasteiger partial charge in [0.25, 0.3) is 0 Å². The molecule has 0 aliphatic carbocycles. The minimum Gasteiger partial charge on any atom is -0.493 e. The average molecular weight is 271 g/mol. The molecule has 0 fully saturated rings. The molecule has 1 N–H and O–H groups in total. The third kappa shape index (κ3) is 4.00. The van der Waals surface area contributed by atoms with Crippen molar-refractivity contribution in [3.63, 3.8) is 0 Å². The lowest BCUT2D eigenvalue weighted by molar-refractivity contribution is 0.292. The van der Waals surface area contributed by atoms with Crippen molar-refractivity contribution in [3.05, 3.63) is 59.7 Å². The van der Waals surface area contributed by atoms with E-state index in [1.54, 1.807) is 7.11 Å². The van der Waals surface area contributed by atoms with Gasteiger partial charge in [-0.05, 0) is 30.2 Å². The highest BCUT2D eigenvalue weighted by Gasteiger charge is 2.02. The van der Waals surface area contributed by atoms with Crippen LogP contribution >= 0.6 is 0 Å². The summed E-state index contributed by atoms with van der Waals surface area (Å²) >= 11 is 0. The molecule has 2 aromatic carbocycles. The fourth-order valence-electron chi connectivity index (χ4n) is 2.00. The molecule has 20 heavy (non-hydrogen) atoms. The Bertz CT molecular complexity index is 540. The van der Waals surface area contributed by atoms with Crippen LogP contribution in [0.1, 0.15) is 11.1 Å². The number of para-hydroxylation sites is 2. The van der Waals surface area contributed by atoms with E-state index in [0.717, 1.165) is 24.6 Å². The Kier molecular flexibility index (Phi) is 5.44. The zero-order chi connectivity index (χ0) is 14.2. The van der Waals surface area contributed by atoms with E-state index in [1.807, 2.05) is 24.3 Å². The first-order chi connectivity index (χ1) is 9.81. The minimum absolute atomic E-state index is 0.617. The Hall–Kier alpha value is -2.00. The SMILES string of the molecule is COc1ccccc1OCCNCc1ccccc1C. The smallest absolute Gasteiger partial charge is 0.161 e. The van der Waals surface area contributed by atoms with Crippen LogP contribution in [-0.2, 0) is 6.54 Å². The highest BCUT2D eigenvalue weighted by atomic mass is 16.5. The second-order valence-electron chi connectivity index (χ2n) is 4.60. The van der Waals surface area contributed by atoms with Gasteiger partial charge in [-0.1, -0.05) is 36.4 Å². The molecule has 2 aromatic rings. The fraction of sp³-hybridized carbons (Fsp3) is 0.294. The van der Waals surface area contributed by atoms with E-state index in [-0.39, 0.29) is 0 Å². The van der Waals surface area contributed by atoms with Gasteiger partial charge in [0.1, 0.15) is 6.61 Å². The molecule has 0 saturated heterocycles. The van der Waals surface area contributed by atoms with E-state index in [2.05, 4.69) is 36.5 Å². The zero-order valence-corrected chi connectivity index (χ0v) is 12.1. The lowest BCUT2D eigenvalue weighted by atomic mass is 10.1. The Morgan fingerprint density at radius 3 is 2.40 bits per heavy atom. The maximum atomic E-state index is 5.71. The van der Waals surface area contributed by atoms with Gasteiger partial charge in [-0.25, -0.2) is 0 Å². The first kappa shape index (κ1) is 14.4. The Morgan fingerprint density at radius 1 is 0.950 bits per heavy atom. The molecule has 0 aromatic heterocycles. The summed E-state index contributed by atoms with van der Waals surface area (Å²) in [6.07, 6.45) is 0. The molecule has 0 unspecified atom stereocenters. The summed E-state index contributed by atoms with van der Waals surface area (Å²) in [5, 5.41) is 3.38. The Balaban J connectivity index is 1.73. The van der Waals surface area contributed by atoms with Crippen molar-refractivity contribution >= 4 is 0 Å². The van der Waals surface area contributed by atoms with Crippen molar-refractivity contribution in [1.82, 2.24) is 5.32 Å². The molecule has 3 heteroatoms. The van der Waals surface area contributed by atoms with Crippen molar-refractivity contribution in [2.24, 2.45) is 0 Å². The molecule has 0 saturated carbocycles. The molecule has 0 spiro atoms. The van der Waals surface area contributed by atoms with Gasteiger partial charge in [-0.2, -0.15) is 0 Å². The summed E-state index contributed by atoms with van der Waals surface area (Å²) in [4.78, 5) is 0. The van der Waals surface area contributed by atoms with Crippen molar-refractivity contribution in [2.45, 2.75) is 13.5 Å². The number of hydrogen-bond donors (Lipinski definition) is 1. The lowest BCUT2D eigenvalue weighted by Crippen LogP contribution is -2.21. The second-order valence-corrected chi connectivity index (χ2v) is 4.60. The first-order valence-corrected chi connectivity index (χ1v) is 6.82. The molecule has 106 valence electrons. The normalized spacial score (nSPS) is 10.3. The Morgan fingerprint density at radius 2 is 1.65 bits per heavy atom. The van der Waals surface area contributed by atoms with E-state index in [4.69, 9.17) is 9.47 Å². The van der Waals surface area contributed by atoms with Gasteiger partial charge in [0.15, 0.2) is 11.5 Å². The van der Waals surface area contributed by atoms with E-state index in [1.165, 1.54) is 11.1 Å². The largest absolute Gasteiger partial charge is 0.493 e. The van der Waals surface area contributed by atoms with Gasteiger partial charge >= 0.3 is 0 Å². The van der Waals surface area contributed by atoms with Gasteiger partial charge in [0.2, 0.25) is 0 Å². The second kappa shape index (κ2) is 7.56. The number of benzene rings is 2. The van der Waals surface area contributed by atoms with Gasteiger partial charge in [0, 0.05) is 13.1 Å². The predicted molar refractivity (Wildman–Crippen MR) is 81.4 cm³/mol. The van der Waals surface area contributed by atoms with Crippen LogP contribution in [0.2, 0.25) is 0 Å². The van der Waals surface area contributed by atoms with E-state index in [9.17, 15) is 0 Å². The molecule has 0 aliphatic rings. The van der Waals surface area contributed by atoms with Crippen molar-refractivity contribution in [2.75, 3.05) is 20.3 Å². The summed E-state index contributed by atoms with van der Waals surface area (Å²) in [5.41, 5.74) is 2.63. The molecule has 0 bridgehead atoms. The summed E-state index contributed by atoms with van der Waals surface area (Å²) in [5.74, 6) is 1.55. The van der Waals surface area contributed by atoms with Crippen LogP contribution in [0.5, 0.6) is 11.5 Å². The van der Waals surface area contributed by atoms with Crippen LogP contribution in [0.4, 0.5) is 0 Å². The van der Waals surface area contributed by atoms with Gasteiger partial charge in [0.05, 0.1) is 7.11 Å². The van der Waals surface area contributed by atoms with Gasteiger partial charge in [-0.15, -0.1) is 0 Å². The molecule has 0 aliphatic heterocycles. The third-order valence-electron chi connectivity index (χ3n) is 3.18. The third-order valence-corrected chi connectivity index (χ3v) is 3.18. The van der Waals surface area contributed by atoms with E-state index < -0.39 is 0 Å². The number of rotatable bonds is 7. The monoisotopic (exact) mass is 271 g/mol. The zero-order valence-electron chi connectivity index (χ0n) is 12.1. The Labute approximate surface area is 120 Å². The summed E-state index contributed by atoms with van der Waals surface area (Å²) in [7, 11) is 1.65.